The molecule has 19 heavy (non-hydrogen) atoms. The smallest absolute Gasteiger partial charge is 0.124 e. The number of ether oxygens (including phenoxy) is 2. The van der Waals surface area contributed by atoms with Crippen LogP contribution in [-0.2, 0) is 4.74 Å². The molecule has 0 saturated carbocycles. The summed E-state index contributed by atoms with van der Waals surface area (Å²) in [5, 5.41) is 3.23. The van der Waals surface area contributed by atoms with Crippen LogP contribution < -0.4 is 10.1 Å². The molecule has 1 aromatic rings. The lowest BCUT2D eigenvalue weighted by molar-refractivity contribution is -0.0164. The van der Waals surface area contributed by atoms with Crippen molar-refractivity contribution in [1.82, 2.24) is 5.32 Å². The lowest BCUT2D eigenvalue weighted by Crippen LogP contribution is -2.23. The molecule has 108 valence electrons. The summed E-state index contributed by atoms with van der Waals surface area (Å²) < 4.78 is 12.5. The van der Waals surface area contributed by atoms with Crippen LogP contribution >= 0.6 is 15.9 Å². The zero-order valence-corrected chi connectivity index (χ0v) is 14.0. The van der Waals surface area contributed by atoms with Gasteiger partial charge in [0.1, 0.15) is 12.4 Å². The molecule has 0 radical (unpaired) electrons. The Balaban J connectivity index is 2.62. The minimum atomic E-state index is -0.121. The Hall–Kier alpha value is -0.580. The molecule has 0 aliphatic carbocycles. The average Bonchev–Trinajstić information content (AvgIpc) is 2.33. The summed E-state index contributed by atoms with van der Waals surface area (Å²) in [4.78, 5) is 0. The lowest BCUT2D eigenvalue weighted by atomic mass is 10.1. The van der Waals surface area contributed by atoms with Crippen molar-refractivity contribution in [1.29, 1.82) is 0 Å². The van der Waals surface area contributed by atoms with Gasteiger partial charge in [-0.2, -0.15) is 0 Å². The van der Waals surface area contributed by atoms with E-state index >= 15 is 0 Å². The van der Waals surface area contributed by atoms with Crippen molar-refractivity contribution < 1.29 is 9.47 Å². The summed E-state index contributed by atoms with van der Waals surface area (Å²) >= 11 is 3.49. The van der Waals surface area contributed by atoms with E-state index in [1.165, 1.54) is 0 Å². The van der Waals surface area contributed by atoms with Gasteiger partial charge in [-0.15, -0.1) is 0 Å². The summed E-state index contributed by atoms with van der Waals surface area (Å²) in [6.07, 6.45) is 0. The highest BCUT2D eigenvalue weighted by Gasteiger charge is 2.12. The van der Waals surface area contributed by atoms with E-state index in [1.807, 2.05) is 40.0 Å². The molecular formula is C15H24BrNO2. The molecule has 0 amide bonds. The highest BCUT2D eigenvalue weighted by atomic mass is 79.9. The van der Waals surface area contributed by atoms with Gasteiger partial charge in [-0.3, -0.25) is 0 Å². The number of nitrogens with one attached hydrogen (secondary N) is 1. The van der Waals surface area contributed by atoms with Crippen LogP contribution in [0.1, 0.15) is 39.3 Å². The summed E-state index contributed by atoms with van der Waals surface area (Å²) in [7, 11) is 1.94. The Morgan fingerprint density at radius 1 is 1.26 bits per heavy atom. The molecule has 4 heteroatoms. The minimum absolute atomic E-state index is 0.121. The van der Waals surface area contributed by atoms with Gasteiger partial charge in [0.2, 0.25) is 0 Å². The van der Waals surface area contributed by atoms with Gasteiger partial charge in [0, 0.05) is 16.1 Å². The fourth-order valence-corrected chi connectivity index (χ4v) is 2.02. The minimum Gasteiger partial charge on any atom is -0.491 e. The second kappa shape index (κ2) is 7.27. The number of hydrogen-bond acceptors (Lipinski definition) is 3. The first-order valence-corrected chi connectivity index (χ1v) is 7.36. The summed E-state index contributed by atoms with van der Waals surface area (Å²) in [6, 6.07) is 6.31. The molecule has 1 N–H and O–H groups in total. The zero-order chi connectivity index (χ0) is 14.5. The third-order valence-electron chi connectivity index (χ3n) is 2.75. The highest BCUT2D eigenvalue weighted by Crippen LogP contribution is 2.28. The van der Waals surface area contributed by atoms with E-state index in [4.69, 9.17) is 9.47 Å². The molecule has 0 aliphatic rings. The predicted molar refractivity (Wildman–Crippen MR) is 82.8 cm³/mol. The second-order valence-electron chi connectivity index (χ2n) is 5.50. The zero-order valence-electron chi connectivity index (χ0n) is 12.4. The van der Waals surface area contributed by atoms with Crippen LogP contribution in [0.25, 0.3) is 0 Å². The number of benzene rings is 1. The highest BCUT2D eigenvalue weighted by molar-refractivity contribution is 9.10. The molecule has 0 bridgehead atoms. The third kappa shape index (κ3) is 5.93. The Kier molecular flexibility index (Phi) is 6.30. The maximum Gasteiger partial charge on any atom is 0.124 e. The maximum atomic E-state index is 5.82. The number of hydrogen-bond donors (Lipinski definition) is 1. The fraction of sp³-hybridized carbons (Fsp3) is 0.600. The molecule has 1 aromatic carbocycles. The monoisotopic (exact) mass is 329 g/mol. The predicted octanol–water partition coefficient (Wildman–Crippen LogP) is 3.92. The topological polar surface area (TPSA) is 30.5 Å². The Bertz CT molecular complexity index is 402. The molecule has 0 aromatic heterocycles. The van der Waals surface area contributed by atoms with Gasteiger partial charge in [0.15, 0.2) is 0 Å². The van der Waals surface area contributed by atoms with Gasteiger partial charge in [-0.25, -0.2) is 0 Å². The standard InChI is InChI=1S/C15H24BrNO2/c1-11(17-5)13-10-12(16)6-7-14(13)18-8-9-19-15(2,3)4/h6-7,10-11,17H,8-9H2,1-5H3. The van der Waals surface area contributed by atoms with E-state index in [2.05, 4.69) is 34.2 Å². The first-order valence-electron chi connectivity index (χ1n) is 6.57. The Labute approximate surface area is 124 Å². The SMILES string of the molecule is CNC(C)c1cc(Br)ccc1OCCOC(C)(C)C. The Morgan fingerprint density at radius 3 is 2.53 bits per heavy atom. The van der Waals surface area contributed by atoms with Crippen molar-refractivity contribution in [2.24, 2.45) is 0 Å². The van der Waals surface area contributed by atoms with Crippen molar-refractivity contribution >= 4 is 15.9 Å². The molecule has 0 spiro atoms. The van der Waals surface area contributed by atoms with Crippen LogP contribution in [0.2, 0.25) is 0 Å². The number of rotatable bonds is 6. The van der Waals surface area contributed by atoms with Crippen LogP contribution in [0.3, 0.4) is 0 Å². The molecule has 0 fully saturated rings. The molecule has 1 atom stereocenters. The van der Waals surface area contributed by atoms with Gasteiger partial charge < -0.3 is 14.8 Å². The first kappa shape index (κ1) is 16.5. The fourth-order valence-electron chi connectivity index (χ4n) is 1.64. The van der Waals surface area contributed by atoms with Gasteiger partial charge in [0.25, 0.3) is 0 Å². The van der Waals surface area contributed by atoms with Crippen LogP contribution in [0.4, 0.5) is 0 Å². The van der Waals surface area contributed by atoms with E-state index in [9.17, 15) is 0 Å². The van der Waals surface area contributed by atoms with Crippen LogP contribution in [0, 0.1) is 0 Å². The van der Waals surface area contributed by atoms with Gasteiger partial charge in [0.05, 0.1) is 12.2 Å². The van der Waals surface area contributed by atoms with E-state index in [-0.39, 0.29) is 11.6 Å². The second-order valence-corrected chi connectivity index (χ2v) is 6.42. The summed E-state index contributed by atoms with van der Waals surface area (Å²) in [6.45, 7) is 9.39. The quantitative estimate of drug-likeness (QED) is 0.802. The summed E-state index contributed by atoms with van der Waals surface area (Å²) in [5.74, 6) is 0.905. The molecule has 0 aliphatic heterocycles. The average molecular weight is 330 g/mol. The van der Waals surface area contributed by atoms with E-state index in [1.54, 1.807) is 0 Å². The molecule has 1 unspecified atom stereocenters. The van der Waals surface area contributed by atoms with Crippen molar-refractivity contribution in [2.75, 3.05) is 20.3 Å². The largest absolute Gasteiger partial charge is 0.491 e. The third-order valence-corrected chi connectivity index (χ3v) is 3.24. The Morgan fingerprint density at radius 2 is 1.95 bits per heavy atom. The van der Waals surface area contributed by atoms with Crippen molar-refractivity contribution in [3.05, 3.63) is 28.2 Å². The van der Waals surface area contributed by atoms with Gasteiger partial charge >= 0.3 is 0 Å². The van der Waals surface area contributed by atoms with Crippen LogP contribution in [-0.4, -0.2) is 25.9 Å². The van der Waals surface area contributed by atoms with E-state index < -0.39 is 0 Å². The van der Waals surface area contributed by atoms with Gasteiger partial charge in [-0.1, -0.05) is 15.9 Å². The summed E-state index contributed by atoms with van der Waals surface area (Å²) in [5.41, 5.74) is 1.03. The van der Waals surface area contributed by atoms with Gasteiger partial charge in [-0.05, 0) is 52.9 Å². The lowest BCUT2D eigenvalue weighted by Gasteiger charge is -2.21. The van der Waals surface area contributed by atoms with Crippen molar-refractivity contribution in [3.8, 4) is 5.75 Å². The molecule has 3 nitrogen and oxygen atoms in total. The van der Waals surface area contributed by atoms with Crippen molar-refractivity contribution in [3.63, 3.8) is 0 Å². The van der Waals surface area contributed by atoms with Crippen LogP contribution in [0.5, 0.6) is 5.75 Å². The molecular weight excluding hydrogens is 306 g/mol. The normalized spacial score (nSPS) is 13.4. The molecule has 0 saturated heterocycles. The molecule has 0 heterocycles. The van der Waals surface area contributed by atoms with Crippen LogP contribution in [0.15, 0.2) is 22.7 Å². The van der Waals surface area contributed by atoms with E-state index in [0.29, 0.717) is 13.2 Å². The maximum absolute atomic E-state index is 5.82. The van der Waals surface area contributed by atoms with E-state index in [0.717, 1.165) is 15.8 Å². The first-order chi connectivity index (χ1) is 8.83. The van der Waals surface area contributed by atoms with Crippen molar-refractivity contribution in [2.45, 2.75) is 39.3 Å². The number of halogens is 1. The molecule has 1 rings (SSSR count).